The third-order valence-electron chi connectivity index (χ3n) is 11.5. The maximum absolute atomic E-state index is 2.42. The molecule has 0 saturated carbocycles. The van der Waals surface area contributed by atoms with Crippen LogP contribution in [0.4, 0.5) is 17.1 Å². The van der Waals surface area contributed by atoms with E-state index in [1.54, 1.807) is 0 Å². The fourth-order valence-corrected chi connectivity index (χ4v) is 8.67. The van der Waals surface area contributed by atoms with Crippen LogP contribution in [0.15, 0.2) is 200 Å². The van der Waals surface area contributed by atoms with Crippen LogP contribution in [0.25, 0.3) is 66.1 Å². The first-order valence-corrected chi connectivity index (χ1v) is 18.8. The lowest BCUT2D eigenvalue weighted by Gasteiger charge is -2.28. The fraction of sp³-hybridized carbons (Fsp3) is 0.0566. The third kappa shape index (κ3) is 5.32. The van der Waals surface area contributed by atoms with Crippen molar-refractivity contribution in [3.05, 3.63) is 211 Å². The molecular formula is C53H39N. The minimum atomic E-state index is -0.0976. The van der Waals surface area contributed by atoms with Gasteiger partial charge in [-0.2, -0.15) is 0 Å². The molecule has 0 aromatic heterocycles. The second-order valence-corrected chi connectivity index (χ2v) is 15.0. The van der Waals surface area contributed by atoms with Gasteiger partial charge in [-0.05, 0) is 126 Å². The molecule has 0 amide bonds. The lowest BCUT2D eigenvalue weighted by Crippen LogP contribution is -2.16. The van der Waals surface area contributed by atoms with Gasteiger partial charge in [-0.1, -0.05) is 166 Å². The SMILES string of the molecule is CC1(C)c2ccccc2-c2ccc(N(c3ccc(-c4cc5ccccc5cc4-c4ccccc4)cc3)c3ccc(-c4cccc5ccccc45)cc3)cc21. The predicted molar refractivity (Wildman–Crippen MR) is 230 cm³/mol. The van der Waals surface area contributed by atoms with Crippen molar-refractivity contribution in [3.63, 3.8) is 0 Å². The maximum atomic E-state index is 2.42. The molecule has 0 bridgehead atoms. The first-order chi connectivity index (χ1) is 26.5. The summed E-state index contributed by atoms with van der Waals surface area (Å²) in [4.78, 5) is 2.41. The highest BCUT2D eigenvalue weighted by Crippen LogP contribution is 2.51. The smallest absolute Gasteiger partial charge is 0.0465 e. The molecule has 0 aliphatic heterocycles. The average molecular weight is 690 g/mol. The van der Waals surface area contributed by atoms with Gasteiger partial charge in [-0.15, -0.1) is 0 Å². The summed E-state index contributed by atoms with van der Waals surface area (Å²) in [6.07, 6.45) is 0. The van der Waals surface area contributed by atoms with Gasteiger partial charge in [0.2, 0.25) is 0 Å². The van der Waals surface area contributed by atoms with Gasteiger partial charge < -0.3 is 4.90 Å². The summed E-state index contributed by atoms with van der Waals surface area (Å²) in [5, 5.41) is 5.01. The third-order valence-corrected chi connectivity index (χ3v) is 11.5. The Balaban J connectivity index is 1.10. The van der Waals surface area contributed by atoms with Crippen LogP contribution in [0.2, 0.25) is 0 Å². The van der Waals surface area contributed by atoms with Crippen LogP contribution in [0, 0.1) is 0 Å². The van der Waals surface area contributed by atoms with Crippen molar-refractivity contribution in [3.8, 4) is 44.5 Å². The molecule has 1 heteroatoms. The summed E-state index contributed by atoms with van der Waals surface area (Å²) in [6, 6.07) is 73.4. The fourth-order valence-electron chi connectivity index (χ4n) is 8.67. The van der Waals surface area contributed by atoms with Gasteiger partial charge in [0.05, 0.1) is 0 Å². The maximum Gasteiger partial charge on any atom is 0.0465 e. The van der Waals surface area contributed by atoms with Gasteiger partial charge in [0, 0.05) is 22.5 Å². The predicted octanol–water partition coefficient (Wildman–Crippen LogP) is 14.8. The molecule has 0 radical (unpaired) electrons. The Kier molecular flexibility index (Phi) is 7.56. The van der Waals surface area contributed by atoms with Crippen molar-refractivity contribution in [2.24, 2.45) is 0 Å². The minimum absolute atomic E-state index is 0.0976. The average Bonchev–Trinajstić information content (AvgIpc) is 3.46. The van der Waals surface area contributed by atoms with Crippen molar-refractivity contribution in [2.45, 2.75) is 19.3 Å². The second kappa shape index (κ2) is 12.8. The summed E-state index contributed by atoms with van der Waals surface area (Å²) in [7, 11) is 0. The number of hydrogen-bond donors (Lipinski definition) is 0. The zero-order chi connectivity index (χ0) is 36.2. The zero-order valence-corrected chi connectivity index (χ0v) is 30.5. The molecule has 1 nitrogen and oxygen atoms in total. The Bertz CT molecular complexity index is 2820. The van der Waals surface area contributed by atoms with Crippen LogP contribution in [0.5, 0.6) is 0 Å². The first kappa shape index (κ1) is 32.0. The molecule has 1 aliphatic rings. The normalized spacial score (nSPS) is 12.8. The first-order valence-electron chi connectivity index (χ1n) is 18.8. The van der Waals surface area contributed by atoms with Gasteiger partial charge in [0.1, 0.15) is 0 Å². The van der Waals surface area contributed by atoms with Gasteiger partial charge in [-0.25, -0.2) is 0 Å². The van der Waals surface area contributed by atoms with E-state index in [9.17, 15) is 0 Å². The Morgan fingerprint density at radius 1 is 0.315 bits per heavy atom. The summed E-state index contributed by atoms with van der Waals surface area (Å²) >= 11 is 0. The van der Waals surface area contributed by atoms with Gasteiger partial charge in [-0.3, -0.25) is 0 Å². The van der Waals surface area contributed by atoms with Crippen molar-refractivity contribution < 1.29 is 0 Å². The van der Waals surface area contributed by atoms with Crippen LogP contribution < -0.4 is 4.90 Å². The summed E-state index contributed by atoms with van der Waals surface area (Å²) < 4.78 is 0. The second-order valence-electron chi connectivity index (χ2n) is 15.0. The Hall–Kier alpha value is -6.70. The quantitative estimate of drug-likeness (QED) is 0.168. The van der Waals surface area contributed by atoms with Crippen LogP contribution in [0.3, 0.4) is 0 Å². The molecule has 0 N–H and O–H groups in total. The molecule has 9 aromatic carbocycles. The highest BCUT2D eigenvalue weighted by Gasteiger charge is 2.35. The number of fused-ring (bicyclic) bond motifs is 5. The van der Waals surface area contributed by atoms with E-state index in [-0.39, 0.29) is 5.41 Å². The number of benzene rings is 9. The largest absolute Gasteiger partial charge is 0.310 e. The highest BCUT2D eigenvalue weighted by molar-refractivity contribution is 5.98. The van der Waals surface area contributed by atoms with E-state index < -0.39 is 0 Å². The molecule has 256 valence electrons. The van der Waals surface area contributed by atoms with Crippen molar-refractivity contribution in [1.82, 2.24) is 0 Å². The van der Waals surface area contributed by atoms with Gasteiger partial charge in [0.25, 0.3) is 0 Å². The molecule has 0 unspecified atom stereocenters. The molecule has 1 aliphatic carbocycles. The standard InChI is InChI=1S/C53H39N/c1-53(2)51-22-11-10-20-47(51)48-32-31-44(35-52(48)53)54(42-27-23-38(24-28-42)46-21-12-18-36-15-8-9-19-45(36)46)43-29-25-39(26-30-43)50-34-41-17-7-6-16-40(41)33-49(50)37-13-4-3-5-14-37/h3-35H,1-2H3. The van der Waals surface area contributed by atoms with Crippen LogP contribution in [0.1, 0.15) is 25.0 Å². The van der Waals surface area contributed by atoms with E-state index >= 15 is 0 Å². The number of hydrogen-bond acceptors (Lipinski definition) is 1. The molecule has 0 fully saturated rings. The van der Waals surface area contributed by atoms with Crippen LogP contribution in [-0.4, -0.2) is 0 Å². The van der Waals surface area contributed by atoms with E-state index in [0.717, 1.165) is 17.1 Å². The summed E-state index contributed by atoms with van der Waals surface area (Å²) in [6.45, 7) is 4.71. The van der Waals surface area contributed by atoms with E-state index in [4.69, 9.17) is 0 Å². The van der Waals surface area contributed by atoms with Gasteiger partial charge in [0.15, 0.2) is 0 Å². The Morgan fingerprint density at radius 3 is 1.48 bits per heavy atom. The topological polar surface area (TPSA) is 3.24 Å². The van der Waals surface area contributed by atoms with E-state index in [0.29, 0.717) is 0 Å². The van der Waals surface area contributed by atoms with Crippen LogP contribution >= 0.6 is 0 Å². The van der Waals surface area contributed by atoms with Crippen LogP contribution in [-0.2, 0) is 5.41 Å². The van der Waals surface area contributed by atoms with Gasteiger partial charge >= 0.3 is 0 Å². The van der Waals surface area contributed by atoms with Crippen molar-refractivity contribution in [2.75, 3.05) is 4.90 Å². The molecule has 9 aromatic rings. The van der Waals surface area contributed by atoms with Crippen molar-refractivity contribution >= 4 is 38.6 Å². The number of rotatable bonds is 6. The Morgan fingerprint density at radius 2 is 0.796 bits per heavy atom. The molecule has 54 heavy (non-hydrogen) atoms. The lowest BCUT2D eigenvalue weighted by molar-refractivity contribution is 0.660. The van der Waals surface area contributed by atoms with E-state index in [2.05, 4.69) is 219 Å². The molecule has 10 rings (SSSR count). The minimum Gasteiger partial charge on any atom is -0.310 e. The summed E-state index contributed by atoms with van der Waals surface area (Å²) in [5.74, 6) is 0. The lowest BCUT2D eigenvalue weighted by atomic mass is 9.82. The van der Waals surface area contributed by atoms with E-state index in [1.165, 1.54) is 77.2 Å². The monoisotopic (exact) mass is 689 g/mol. The summed E-state index contributed by atoms with van der Waals surface area (Å²) in [5.41, 5.74) is 16.0. The molecular weight excluding hydrogens is 651 g/mol. The molecule has 0 heterocycles. The Labute approximate surface area is 317 Å². The molecule has 0 saturated heterocycles. The molecule has 0 spiro atoms. The number of nitrogens with zero attached hydrogens (tertiary/aromatic N) is 1. The highest BCUT2D eigenvalue weighted by atomic mass is 15.1. The zero-order valence-electron chi connectivity index (χ0n) is 30.5. The molecule has 0 atom stereocenters. The number of anilines is 3. The van der Waals surface area contributed by atoms with Crippen molar-refractivity contribution in [1.29, 1.82) is 0 Å². The van der Waals surface area contributed by atoms with E-state index in [1.807, 2.05) is 0 Å².